The number of halogens is 1. The van der Waals surface area contributed by atoms with Gasteiger partial charge in [0.15, 0.2) is 11.2 Å². The first-order chi connectivity index (χ1) is 23.1. The van der Waals surface area contributed by atoms with Crippen molar-refractivity contribution in [2.24, 2.45) is 0 Å². The van der Waals surface area contributed by atoms with Crippen LogP contribution in [0.2, 0.25) is 5.02 Å². The number of hydrogen-bond acceptors (Lipinski definition) is 8. The Hall–Kier alpha value is -4.87. The first-order valence-corrected chi connectivity index (χ1v) is 16.3. The van der Waals surface area contributed by atoms with Crippen molar-refractivity contribution in [2.75, 3.05) is 64.9 Å². The molecule has 5 rings (SSSR count). The predicted octanol–water partition coefficient (Wildman–Crippen LogP) is 3.83. The Labute approximate surface area is 284 Å². The second kappa shape index (κ2) is 15.8. The van der Waals surface area contributed by atoms with E-state index in [1.807, 2.05) is 44.1 Å². The molecule has 0 unspecified atom stereocenters. The van der Waals surface area contributed by atoms with Gasteiger partial charge < -0.3 is 34.5 Å². The third-order valence-corrected chi connectivity index (χ3v) is 8.37. The molecule has 1 atom stereocenters. The first-order valence-electron chi connectivity index (χ1n) is 15.9. The number of fused-ring (bicyclic) bond motifs is 1. The van der Waals surface area contributed by atoms with Crippen molar-refractivity contribution in [1.82, 2.24) is 20.4 Å². The molecule has 3 aromatic carbocycles. The summed E-state index contributed by atoms with van der Waals surface area (Å²) in [6.07, 6.45) is 0.202. The van der Waals surface area contributed by atoms with Crippen LogP contribution in [0, 0.1) is 0 Å². The van der Waals surface area contributed by atoms with E-state index in [0.29, 0.717) is 55.7 Å². The van der Waals surface area contributed by atoms with E-state index >= 15 is 0 Å². The van der Waals surface area contributed by atoms with Gasteiger partial charge in [0.2, 0.25) is 5.91 Å². The minimum absolute atomic E-state index is 0.147. The molecule has 3 amide bonds. The van der Waals surface area contributed by atoms with E-state index in [0.717, 1.165) is 23.9 Å². The normalized spacial score (nSPS) is 13.8. The molecule has 0 bridgehead atoms. The van der Waals surface area contributed by atoms with Crippen LogP contribution in [0.4, 0.5) is 5.69 Å². The lowest BCUT2D eigenvalue weighted by molar-refractivity contribution is -0.133. The third kappa shape index (κ3) is 8.53. The molecule has 0 radical (unpaired) electrons. The van der Waals surface area contributed by atoms with Crippen molar-refractivity contribution in [2.45, 2.75) is 19.4 Å². The molecule has 252 valence electrons. The molecule has 1 aliphatic heterocycles. The summed E-state index contributed by atoms with van der Waals surface area (Å²) in [7, 11) is 3.90. The van der Waals surface area contributed by atoms with Crippen LogP contribution in [0.15, 0.2) is 82.0 Å². The molecule has 2 heterocycles. The Morgan fingerprint density at radius 2 is 1.69 bits per heavy atom. The highest BCUT2D eigenvalue weighted by atomic mass is 35.5. The number of likely N-dealkylation sites (N-methyl/N-ethyl adjacent to an activating group) is 1. The highest BCUT2D eigenvalue weighted by Crippen LogP contribution is 2.23. The first kappa shape index (κ1) is 34.5. The number of ether oxygens (including phenoxy) is 1. The van der Waals surface area contributed by atoms with Gasteiger partial charge in [0.25, 0.3) is 11.8 Å². The molecular formula is C36H40ClN5O6. The number of para-hydroxylation sites is 1. The topological polar surface area (TPSA) is 124 Å². The second-order valence-electron chi connectivity index (χ2n) is 11.8. The SMILES string of the molecule is CCOc1ccc2oc(C(=O)N[C@H](Cc3ccc(Cl)cc3)C(=O)N3CCN(c4ccccc4C(=O)NCCN(C)C)CC3)cc(=O)c2c1. The number of anilines is 1. The fraction of sp³-hybridized carbons (Fsp3) is 0.333. The maximum Gasteiger partial charge on any atom is 0.287 e. The van der Waals surface area contributed by atoms with Gasteiger partial charge in [0, 0.05) is 62.5 Å². The van der Waals surface area contributed by atoms with Crippen molar-refractivity contribution in [3.8, 4) is 5.75 Å². The van der Waals surface area contributed by atoms with Crippen molar-refractivity contribution in [3.05, 3.63) is 105 Å². The summed E-state index contributed by atoms with van der Waals surface area (Å²) in [5, 5.41) is 6.64. The average molecular weight is 674 g/mol. The quantitative estimate of drug-likeness (QED) is 0.233. The van der Waals surface area contributed by atoms with Gasteiger partial charge in [0.05, 0.1) is 17.6 Å². The summed E-state index contributed by atoms with van der Waals surface area (Å²) in [5.41, 5.74) is 2.02. The number of carbonyl (C=O) groups is 3. The number of carbonyl (C=O) groups excluding carboxylic acids is 3. The Bertz CT molecular complexity index is 1820. The van der Waals surface area contributed by atoms with Crippen molar-refractivity contribution in [1.29, 1.82) is 0 Å². The van der Waals surface area contributed by atoms with Crippen LogP contribution < -0.4 is 25.7 Å². The number of hydrogen-bond donors (Lipinski definition) is 2. The Morgan fingerprint density at radius 3 is 2.40 bits per heavy atom. The van der Waals surface area contributed by atoms with Crippen molar-refractivity contribution in [3.63, 3.8) is 0 Å². The second-order valence-corrected chi connectivity index (χ2v) is 12.2. The summed E-state index contributed by atoms with van der Waals surface area (Å²) in [6, 6.07) is 19.5. The molecule has 12 heteroatoms. The largest absolute Gasteiger partial charge is 0.494 e. The molecule has 11 nitrogen and oxygen atoms in total. The van der Waals surface area contributed by atoms with E-state index in [-0.39, 0.29) is 35.0 Å². The van der Waals surface area contributed by atoms with Crippen LogP contribution in [0.3, 0.4) is 0 Å². The van der Waals surface area contributed by atoms with Crippen molar-refractivity contribution < 1.29 is 23.5 Å². The van der Waals surface area contributed by atoms with Crippen LogP contribution in [-0.4, -0.2) is 93.5 Å². The van der Waals surface area contributed by atoms with Crippen molar-refractivity contribution >= 4 is 46.0 Å². The number of benzene rings is 3. The fourth-order valence-corrected chi connectivity index (χ4v) is 5.73. The molecule has 2 N–H and O–H groups in total. The minimum atomic E-state index is -0.943. The summed E-state index contributed by atoms with van der Waals surface area (Å²) in [4.78, 5) is 59.2. The maximum atomic E-state index is 14.0. The smallest absolute Gasteiger partial charge is 0.287 e. The van der Waals surface area contributed by atoms with Gasteiger partial charge in [-0.25, -0.2) is 0 Å². The van der Waals surface area contributed by atoms with E-state index in [1.54, 1.807) is 53.4 Å². The average Bonchev–Trinajstić information content (AvgIpc) is 3.08. The van der Waals surface area contributed by atoms with Crippen LogP contribution in [0.1, 0.15) is 33.4 Å². The van der Waals surface area contributed by atoms with Gasteiger partial charge in [-0.2, -0.15) is 0 Å². The molecule has 1 fully saturated rings. The number of amides is 3. The molecule has 0 aliphatic carbocycles. The summed E-state index contributed by atoms with van der Waals surface area (Å²) >= 11 is 6.09. The third-order valence-electron chi connectivity index (χ3n) is 8.12. The number of rotatable bonds is 12. The zero-order valence-corrected chi connectivity index (χ0v) is 28.1. The number of nitrogens with zero attached hydrogens (tertiary/aromatic N) is 3. The maximum absolute atomic E-state index is 14.0. The lowest BCUT2D eigenvalue weighted by atomic mass is 10.0. The van der Waals surface area contributed by atoms with E-state index < -0.39 is 17.4 Å². The molecular weight excluding hydrogens is 634 g/mol. The zero-order chi connectivity index (χ0) is 34.2. The standard InChI is InChI=1S/C36H40ClN5O6/c1-4-47-26-13-14-32-28(22-26)31(43)23-33(48-32)35(45)39-29(21-24-9-11-25(37)12-10-24)36(46)42-19-17-41(18-20-42)30-8-6-5-7-27(30)34(44)38-15-16-40(2)3/h5-14,22-23,29H,4,15-21H2,1-3H3,(H,38,44)(H,39,45)/t29-/m1/s1. The van der Waals surface area contributed by atoms with Crippen LogP contribution >= 0.6 is 11.6 Å². The van der Waals surface area contributed by atoms with Gasteiger partial charge in [-0.3, -0.25) is 19.2 Å². The highest BCUT2D eigenvalue weighted by molar-refractivity contribution is 6.30. The molecule has 1 aromatic heterocycles. The van der Waals surface area contributed by atoms with Gasteiger partial charge >= 0.3 is 0 Å². The van der Waals surface area contributed by atoms with E-state index in [9.17, 15) is 19.2 Å². The van der Waals surface area contributed by atoms with Gasteiger partial charge in [-0.15, -0.1) is 0 Å². The molecule has 0 saturated carbocycles. The monoisotopic (exact) mass is 673 g/mol. The highest BCUT2D eigenvalue weighted by Gasteiger charge is 2.31. The molecule has 1 saturated heterocycles. The zero-order valence-electron chi connectivity index (χ0n) is 27.3. The minimum Gasteiger partial charge on any atom is -0.494 e. The Kier molecular flexibility index (Phi) is 11.4. The molecule has 0 spiro atoms. The molecule has 4 aromatic rings. The van der Waals surface area contributed by atoms with Crippen LogP contribution in [-0.2, 0) is 11.2 Å². The van der Waals surface area contributed by atoms with E-state index in [4.69, 9.17) is 20.8 Å². The summed E-state index contributed by atoms with van der Waals surface area (Å²) < 4.78 is 11.3. The number of nitrogens with one attached hydrogen (secondary N) is 2. The lowest BCUT2D eigenvalue weighted by Crippen LogP contribution is -2.55. The van der Waals surface area contributed by atoms with E-state index in [1.165, 1.54) is 0 Å². The molecule has 1 aliphatic rings. The molecule has 48 heavy (non-hydrogen) atoms. The Morgan fingerprint density at radius 1 is 0.958 bits per heavy atom. The number of piperazine rings is 1. The summed E-state index contributed by atoms with van der Waals surface area (Å²) in [5.74, 6) is -0.766. The van der Waals surface area contributed by atoms with Crippen LogP contribution in [0.5, 0.6) is 5.75 Å². The van der Waals surface area contributed by atoms with Crippen LogP contribution in [0.25, 0.3) is 11.0 Å². The van der Waals surface area contributed by atoms with E-state index in [2.05, 4.69) is 15.5 Å². The fourth-order valence-electron chi connectivity index (χ4n) is 5.61. The predicted molar refractivity (Wildman–Crippen MR) is 186 cm³/mol. The Balaban J connectivity index is 1.31. The van der Waals surface area contributed by atoms with Gasteiger partial charge in [-0.05, 0) is 69.0 Å². The van der Waals surface area contributed by atoms with Gasteiger partial charge in [-0.1, -0.05) is 35.9 Å². The summed E-state index contributed by atoms with van der Waals surface area (Å²) in [6.45, 7) is 5.31. The van der Waals surface area contributed by atoms with Gasteiger partial charge in [0.1, 0.15) is 17.4 Å². The lowest BCUT2D eigenvalue weighted by Gasteiger charge is -2.38.